The maximum atomic E-state index is 12.0. The molecule has 2 rings (SSSR count). The van der Waals surface area contributed by atoms with Crippen molar-refractivity contribution in [1.82, 2.24) is 5.32 Å². The van der Waals surface area contributed by atoms with E-state index in [-0.39, 0.29) is 23.9 Å². The monoisotopic (exact) mass is 346 g/mol. The third-order valence-corrected chi connectivity index (χ3v) is 5.99. The normalized spacial score (nSPS) is 16.1. The van der Waals surface area contributed by atoms with Gasteiger partial charge < -0.3 is 11.1 Å². The lowest BCUT2D eigenvalue weighted by Crippen LogP contribution is -2.45. The molecule has 1 heterocycles. The molecule has 1 amide bonds. The van der Waals surface area contributed by atoms with Crippen LogP contribution in [0.3, 0.4) is 0 Å². The molecule has 3 N–H and O–H groups in total. The summed E-state index contributed by atoms with van der Waals surface area (Å²) >= 11 is 3.98. The molecule has 1 saturated heterocycles. The first-order chi connectivity index (χ1) is 9.46. The minimum Gasteiger partial charge on any atom is -0.350 e. The molecule has 1 fully saturated rings. The van der Waals surface area contributed by atoms with Gasteiger partial charge in [-0.3, -0.25) is 4.79 Å². The Morgan fingerprint density at radius 3 is 2.38 bits per heavy atom. The Bertz CT molecular complexity index is 454. The van der Waals surface area contributed by atoms with E-state index in [2.05, 4.69) is 17.4 Å². The second kappa shape index (κ2) is 8.32. The zero-order valence-electron chi connectivity index (χ0n) is 12.4. The van der Waals surface area contributed by atoms with Gasteiger partial charge in [0.1, 0.15) is 0 Å². The number of hydrogen-bond acceptors (Lipinski definition) is 4. The van der Waals surface area contributed by atoms with Gasteiger partial charge >= 0.3 is 0 Å². The van der Waals surface area contributed by atoms with Gasteiger partial charge in [-0.15, -0.1) is 35.9 Å². The summed E-state index contributed by atoms with van der Waals surface area (Å²) < 4.78 is 0.517. The lowest BCUT2D eigenvalue weighted by Gasteiger charge is -2.21. The van der Waals surface area contributed by atoms with Crippen LogP contribution in [0.25, 0.3) is 0 Å². The summed E-state index contributed by atoms with van der Waals surface area (Å²) in [6.07, 6.45) is 1.29. The van der Waals surface area contributed by atoms with Crippen molar-refractivity contribution in [2.45, 2.75) is 30.4 Å². The van der Waals surface area contributed by atoms with Crippen molar-refractivity contribution in [3.05, 3.63) is 35.4 Å². The molecular weight excluding hydrogens is 324 g/mol. The third-order valence-electron chi connectivity index (χ3n) is 2.98. The van der Waals surface area contributed by atoms with Crippen molar-refractivity contribution in [3.63, 3.8) is 0 Å². The number of thioether (sulfide) groups is 2. The zero-order chi connectivity index (χ0) is 14.6. The number of rotatable bonds is 4. The van der Waals surface area contributed by atoms with E-state index in [1.165, 1.54) is 23.5 Å². The Morgan fingerprint density at radius 1 is 1.29 bits per heavy atom. The molecule has 0 unspecified atom stereocenters. The molecule has 21 heavy (non-hydrogen) atoms. The summed E-state index contributed by atoms with van der Waals surface area (Å²) in [4.78, 5) is 12.0. The maximum absolute atomic E-state index is 12.0. The van der Waals surface area contributed by atoms with Crippen LogP contribution in [0.15, 0.2) is 24.3 Å². The van der Waals surface area contributed by atoms with E-state index in [4.69, 9.17) is 5.73 Å². The number of halogens is 1. The second-order valence-electron chi connectivity index (χ2n) is 5.72. The van der Waals surface area contributed by atoms with Crippen LogP contribution < -0.4 is 11.1 Å². The number of hydrogen-bond donors (Lipinski definition) is 2. The van der Waals surface area contributed by atoms with E-state index in [0.29, 0.717) is 16.7 Å². The predicted octanol–water partition coefficient (Wildman–Crippen LogP) is 3.44. The van der Waals surface area contributed by atoms with Crippen LogP contribution >= 0.6 is 35.9 Å². The Morgan fingerprint density at radius 2 is 1.86 bits per heavy atom. The number of benzene rings is 1. The van der Waals surface area contributed by atoms with Crippen LogP contribution in [-0.4, -0.2) is 29.5 Å². The van der Waals surface area contributed by atoms with Gasteiger partial charge in [0.15, 0.2) is 0 Å². The summed E-state index contributed by atoms with van der Waals surface area (Å²) in [5, 5.41) is 2.86. The van der Waals surface area contributed by atoms with Gasteiger partial charge in [0.05, 0.1) is 4.58 Å². The van der Waals surface area contributed by atoms with Gasteiger partial charge in [-0.2, -0.15) is 0 Å². The standard InChI is InChI=1S/C15H22N2OS2.ClH/c1-15(2,16)10-17-13(18)11-4-6-12(7-5-11)14-19-8-3-9-20-14;/h4-7,14H,3,8-10,16H2,1-2H3,(H,17,18);1H. The lowest BCUT2D eigenvalue weighted by molar-refractivity contribution is 0.0946. The highest BCUT2D eigenvalue weighted by Gasteiger charge is 2.17. The molecule has 1 aromatic carbocycles. The van der Waals surface area contributed by atoms with E-state index in [1.54, 1.807) is 0 Å². The van der Waals surface area contributed by atoms with Crippen LogP contribution in [0.4, 0.5) is 0 Å². The molecule has 3 nitrogen and oxygen atoms in total. The summed E-state index contributed by atoms with van der Waals surface area (Å²) in [5.74, 6) is 2.40. The van der Waals surface area contributed by atoms with Crippen molar-refractivity contribution in [2.24, 2.45) is 5.73 Å². The first-order valence-electron chi connectivity index (χ1n) is 6.86. The zero-order valence-corrected chi connectivity index (χ0v) is 14.9. The van der Waals surface area contributed by atoms with Crippen LogP contribution in [0.2, 0.25) is 0 Å². The quantitative estimate of drug-likeness (QED) is 0.876. The average Bonchev–Trinajstić information content (AvgIpc) is 2.45. The number of carbonyl (C=O) groups is 1. The molecule has 0 spiro atoms. The second-order valence-corrected chi connectivity index (χ2v) is 8.44. The minimum atomic E-state index is -0.384. The molecule has 0 saturated carbocycles. The molecule has 118 valence electrons. The van der Waals surface area contributed by atoms with Crippen LogP contribution in [0.5, 0.6) is 0 Å². The smallest absolute Gasteiger partial charge is 0.251 e. The topological polar surface area (TPSA) is 55.1 Å². The van der Waals surface area contributed by atoms with E-state index in [9.17, 15) is 4.79 Å². The highest BCUT2D eigenvalue weighted by Crippen LogP contribution is 2.43. The van der Waals surface area contributed by atoms with E-state index in [0.717, 1.165) is 0 Å². The van der Waals surface area contributed by atoms with E-state index in [1.807, 2.05) is 49.5 Å². The average molecular weight is 347 g/mol. The molecule has 6 heteroatoms. The lowest BCUT2D eigenvalue weighted by atomic mass is 10.1. The van der Waals surface area contributed by atoms with Crippen LogP contribution in [0.1, 0.15) is 40.8 Å². The molecule has 0 radical (unpaired) electrons. The fraction of sp³-hybridized carbons (Fsp3) is 0.533. The summed E-state index contributed by atoms with van der Waals surface area (Å²) in [5.41, 5.74) is 7.48. The van der Waals surface area contributed by atoms with Gasteiger partial charge in [0.25, 0.3) is 5.91 Å². The SMILES string of the molecule is CC(C)(N)CNC(=O)c1ccc(C2SCCCS2)cc1.Cl. The molecule has 1 aromatic rings. The number of carbonyl (C=O) groups excluding carboxylic acids is 1. The van der Waals surface area contributed by atoms with Crippen molar-refractivity contribution >= 4 is 41.8 Å². The van der Waals surface area contributed by atoms with Crippen molar-refractivity contribution in [1.29, 1.82) is 0 Å². The molecule has 0 bridgehead atoms. The summed E-state index contributed by atoms with van der Waals surface area (Å²) in [7, 11) is 0. The van der Waals surface area contributed by atoms with Gasteiger partial charge in [-0.25, -0.2) is 0 Å². The first kappa shape index (κ1) is 18.7. The summed E-state index contributed by atoms with van der Waals surface area (Å²) in [6.45, 7) is 4.27. The van der Waals surface area contributed by atoms with Crippen LogP contribution in [-0.2, 0) is 0 Å². The minimum absolute atomic E-state index is 0. The van der Waals surface area contributed by atoms with Gasteiger partial charge in [0.2, 0.25) is 0 Å². The number of nitrogens with one attached hydrogen (secondary N) is 1. The fourth-order valence-electron chi connectivity index (χ4n) is 1.88. The van der Waals surface area contributed by atoms with E-state index < -0.39 is 0 Å². The molecule has 0 atom stereocenters. The highest BCUT2D eigenvalue weighted by molar-refractivity contribution is 8.16. The van der Waals surface area contributed by atoms with Gasteiger partial charge in [-0.05, 0) is 49.5 Å². The molecule has 1 aliphatic rings. The number of nitrogens with two attached hydrogens (primary N) is 1. The Balaban J connectivity index is 0.00000220. The Hall–Kier alpha value is -0.360. The molecule has 1 aliphatic heterocycles. The van der Waals surface area contributed by atoms with Crippen LogP contribution in [0, 0.1) is 0 Å². The van der Waals surface area contributed by atoms with Gasteiger partial charge in [-0.1, -0.05) is 12.1 Å². The third kappa shape index (κ3) is 6.10. The largest absolute Gasteiger partial charge is 0.350 e. The maximum Gasteiger partial charge on any atom is 0.251 e. The van der Waals surface area contributed by atoms with Crippen molar-refractivity contribution in [2.75, 3.05) is 18.1 Å². The fourth-order valence-corrected chi connectivity index (χ4v) is 4.78. The highest BCUT2D eigenvalue weighted by atomic mass is 35.5. The number of amides is 1. The van der Waals surface area contributed by atoms with Gasteiger partial charge in [0, 0.05) is 17.6 Å². The first-order valence-corrected chi connectivity index (χ1v) is 8.96. The predicted molar refractivity (Wildman–Crippen MR) is 96.6 cm³/mol. The summed E-state index contributed by atoms with van der Waals surface area (Å²) in [6, 6.07) is 7.95. The molecule has 0 aliphatic carbocycles. The van der Waals surface area contributed by atoms with E-state index >= 15 is 0 Å². The molecular formula is C15H23ClN2OS2. The Kier molecular flexibility index (Phi) is 7.40. The van der Waals surface area contributed by atoms with Crippen molar-refractivity contribution < 1.29 is 4.79 Å². The Labute approximate surface area is 141 Å². The molecule has 0 aromatic heterocycles. The van der Waals surface area contributed by atoms with Crippen molar-refractivity contribution in [3.8, 4) is 0 Å².